The van der Waals surface area contributed by atoms with Crippen molar-refractivity contribution in [2.45, 2.75) is 38.8 Å². The van der Waals surface area contributed by atoms with Crippen LogP contribution >= 0.6 is 11.3 Å². The third-order valence-corrected chi connectivity index (χ3v) is 7.24. The van der Waals surface area contributed by atoms with Crippen LogP contribution in [0.3, 0.4) is 0 Å². The van der Waals surface area contributed by atoms with Crippen molar-refractivity contribution >= 4 is 34.7 Å². The zero-order chi connectivity index (χ0) is 27.3. The summed E-state index contributed by atoms with van der Waals surface area (Å²) in [4.78, 5) is 42.5. The van der Waals surface area contributed by atoms with Gasteiger partial charge in [0.1, 0.15) is 6.54 Å². The van der Waals surface area contributed by atoms with E-state index in [4.69, 9.17) is 4.74 Å². The fourth-order valence-corrected chi connectivity index (χ4v) is 5.13. The highest BCUT2D eigenvalue weighted by Gasteiger charge is 2.35. The van der Waals surface area contributed by atoms with Crippen molar-refractivity contribution in [1.82, 2.24) is 20.1 Å². The highest BCUT2D eigenvalue weighted by atomic mass is 32.1. The Morgan fingerprint density at radius 1 is 1.24 bits per heavy atom. The highest BCUT2D eigenvalue weighted by Crippen LogP contribution is 2.35. The second-order valence-corrected chi connectivity index (χ2v) is 11.3. The summed E-state index contributed by atoms with van der Waals surface area (Å²) in [7, 11) is 0. The smallest absolute Gasteiger partial charge is 0.318 e. The summed E-state index contributed by atoms with van der Waals surface area (Å²) in [6, 6.07) is 9.32. The molecule has 0 unspecified atom stereocenters. The Kier molecular flexibility index (Phi) is 8.75. The molecule has 4 rings (SSSR count). The summed E-state index contributed by atoms with van der Waals surface area (Å²) in [6.45, 7) is 9.33. The van der Waals surface area contributed by atoms with Gasteiger partial charge in [-0.1, -0.05) is 18.2 Å². The van der Waals surface area contributed by atoms with Gasteiger partial charge in [-0.2, -0.15) is 5.10 Å². The molecule has 3 amide bonds. The molecule has 11 nitrogen and oxygen atoms in total. The van der Waals surface area contributed by atoms with Crippen LogP contribution in [0.2, 0.25) is 0 Å². The SMILES string of the molecule is CC(C)(C)NC(=O)N(CCN1CCOCC1)CC(=O)N1N=C(c2cccs2)C[C@H]1c1cccc([N+](=O)[O-])c1. The molecule has 0 radical (unpaired) electrons. The van der Waals surface area contributed by atoms with Gasteiger partial charge in [0, 0.05) is 50.3 Å². The number of benzene rings is 1. The van der Waals surface area contributed by atoms with Crippen LogP contribution in [0, 0.1) is 10.1 Å². The number of hydrogen-bond donors (Lipinski definition) is 1. The summed E-state index contributed by atoms with van der Waals surface area (Å²) in [5.41, 5.74) is 0.850. The fraction of sp³-hybridized carbons (Fsp3) is 0.500. The second kappa shape index (κ2) is 12.0. The van der Waals surface area contributed by atoms with E-state index in [1.807, 2.05) is 38.3 Å². The quantitative estimate of drug-likeness (QED) is 0.403. The average Bonchev–Trinajstić information content (AvgIpc) is 3.56. The molecular formula is C26H34N6O5S. The number of nitrogens with zero attached hydrogens (tertiary/aromatic N) is 5. The normalized spacial score (nSPS) is 18.2. The Morgan fingerprint density at radius 2 is 2.00 bits per heavy atom. The molecule has 0 spiro atoms. The summed E-state index contributed by atoms with van der Waals surface area (Å²) in [5, 5.41) is 22.4. The maximum Gasteiger partial charge on any atom is 0.318 e. The number of hydrogen-bond acceptors (Lipinski definition) is 8. The monoisotopic (exact) mass is 542 g/mol. The van der Waals surface area contributed by atoms with Crippen LogP contribution < -0.4 is 5.32 Å². The van der Waals surface area contributed by atoms with E-state index in [2.05, 4.69) is 15.3 Å². The predicted octanol–water partition coefficient (Wildman–Crippen LogP) is 3.48. The van der Waals surface area contributed by atoms with Gasteiger partial charge in [-0.3, -0.25) is 19.8 Å². The minimum atomic E-state index is -0.508. The molecule has 1 aromatic carbocycles. The Labute approximate surface area is 226 Å². The Bertz CT molecular complexity index is 1170. The van der Waals surface area contributed by atoms with Gasteiger partial charge in [-0.15, -0.1) is 11.3 Å². The Balaban J connectivity index is 1.57. The van der Waals surface area contributed by atoms with Crippen LogP contribution in [-0.2, 0) is 9.53 Å². The van der Waals surface area contributed by atoms with Crippen molar-refractivity contribution in [3.8, 4) is 0 Å². The number of thiophene rings is 1. The van der Waals surface area contributed by atoms with Gasteiger partial charge in [0.15, 0.2) is 0 Å². The molecule has 1 atom stereocenters. The van der Waals surface area contributed by atoms with Crippen LogP contribution in [0.4, 0.5) is 10.5 Å². The van der Waals surface area contributed by atoms with E-state index in [1.54, 1.807) is 12.1 Å². The number of amides is 3. The molecule has 2 aliphatic rings. The molecular weight excluding hydrogens is 508 g/mol. The van der Waals surface area contributed by atoms with Crippen molar-refractivity contribution in [3.05, 3.63) is 62.3 Å². The number of ether oxygens (including phenoxy) is 1. The number of rotatable bonds is 8. The molecule has 1 N–H and O–H groups in total. The van der Waals surface area contributed by atoms with Crippen molar-refractivity contribution in [2.24, 2.45) is 5.10 Å². The zero-order valence-corrected chi connectivity index (χ0v) is 22.8. The number of nitro groups is 1. The fourth-order valence-electron chi connectivity index (χ4n) is 4.41. The molecule has 2 aliphatic heterocycles. The van der Waals surface area contributed by atoms with Crippen LogP contribution in [0.1, 0.15) is 43.7 Å². The molecule has 12 heteroatoms. The van der Waals surface area contributed by atoms with Gasteiger partial charge in [-0.25, -0.2) is 9.80 Å². The van der Waals surface area contributed by atoms with Gasteiger partial charge in [0.25, 0.3) is 11.6 Å². The zero-order valence-electron chi connectivity index (χ0n) is 22.0. The summed E-state index contributed by atoms with van der Waals surface area (Å²) in [5.74, 6) is -0.348. The summed E-state index contributed by atoms with van der Waals surface area (Å²) >= 11 is 1.52. The number of nitro benzene ring substituents is 1. The van der Waals surface area contributed by atoms with Crippen LogP contribution in [0.5, 0.6) is 0 Å². The lowest BCUT2D eigenvalue weighted by Gasteiger charge is -2.32. The molecule has 0 aliphatic carbocycles. The first-order valence-electron chi connectivity index (χ1n) is 12.7. The van der Waals surface area contributed by atoms with Gasteiger partial charge in [0.2, 0.25) is 0 Å². The predicted molar refractivity (Wildman–Crippen MR) is 145 cm³/mol. The standard InChI is InChI=1S/C26H34N6O5S/c1-26(2,3)27-25(34)30(10-9-29-11-13-37-14-12-29)18-24(33)31-22(17-21(28-31)23-8-5-15-38-23)19-6-4-7-20(16-19)32(35)36/h4-8,15-16,22H,9-14,17-18H2,1-3H3,(H,27,34)/t22-/m0/s1. The van der Waals surface area contributed by atoms with E-state index >= 15 is 0 Å². The number of morpholine rings is 1. The van der Waals surface area contributed by atoms with Crippen molar-refractivity contribution < 1.29 is 19.2 Å². The van der Waals surface area contributed by atoms with Crippen molar-refractivity contribution in [3.63, 3.8) is 0 Å². The summed E-state index contributed by atoms with van der Waals surface area (Å²) in [6.07, 6.45) is 0.426. The Hall–Kier alpha value is -3.35. The van der Waals surface area contributed by atoms with Crippen LogP contribution in [0.15, 0.2) is 46.9 Å². The van der Waals surface area contributed by atoms with E-state index in [0.29, 0.717) is 38.3 Å². The van der Waals surface area contributed by atoms with Gasteiger partial charge in [0.05, 0.1) is 34.8 Å². The molecule has 204 valence electrons. The minimum Gasteiger partial charge on any atom is -0.379 e. The van der Waals surface area contributed by atoms with E-state index < -0.39 is 16.5 Å². The van der Waals surface area contributed by atoms with Crippen LogP contribution in [-0.4, -0.2) is 88.9 Å². The highest BCUT2D eigenvalue weighted by molar-refractivity contribution is 7.12. The number of non-ortho nitro benzene ring substituents is 1. The third-order valence-electron chi connectivity index (χ3n) is 6.32. The lowest BCUT2D eigenvalue weighted by Crippen LogP contribution is -2.53. The lowest BCUT2D eigenvalue weighted by atomic mass is 10.0. The van der Waals surface area contributed by atoms with Gasteiger partial charge < -0.3 is 15.0 Å². The maximum absolute atomic E-state index is 13.7. The van der Waals surface area contributed by atoms with E-state index in [0.717, 1.165) is 23.7 Å². The van der Waals surface area contributed by atoms with Crippen molar-refractivity contribution in [1.29, 1.82) is 0 Å². The van der Waals surface area contributed by atoms with E-state index in [1.165, 1.54) is 33.4 Å². The largest absolute Gasteiger partial charge is 0.379 e. The maximum atomic E-state index is 13.7. The number of nitrogens with one attached hydrogen (secondary N) is 1. The van der Waals surface area contributed by atoms with E-state index in [-0.39, 0.29) is 24.2 Å². The number of carbonyl (C=O) groups is 2. The van der Waals surface area contributed by atoms with Crippen LogP contribution in [0.25, 0.3) is 0 Å². The number of urea groups is 1. The second-order valence-electron chi connectivity index (χ2n) is 10.4. The molecule has 38 heavy (non-hydrogen) atoms. The van der Waals surface area contributed by atoms with Crippen molar-refractivity contribution in [2.75, 3.05) is 45.9 Å². The molecule has 1 fully saturated rings. The topological polar surface area (TPSA) is 121 Å². The molecule has 0 bridgehead atoms. The molecule has 1 saturated heterocycles. The first-order chi connectivity index (χ1) is 18.1. The summed E-state index contributed by atoms with van der Waals surface area (Å²) < 4.78 is 5.42. The Morgan fingerprint density at radius 3 is 2.66 bits per heavy atom. The van der Waals surface area contributed by atoms with Gasteiger partial charge in [-0.05, 0) is 37.8 Å². The number of carbonyl (C=O) groups excluding carboxylic acids is 2. The lowest BCUT2D eigenvalue weighted by molar-refractivity contribution is -0.385. The molecule has 1 aromatic heterocycles. The third kappa shape index (κ3) is 7.15. The first kappa shape index (κ1) is 27.7. The first-order valence-corrected chi connectivity index (χ1v) is 13.5. The molecule has 2 aromatic rings. The molecule has 3 heterocycles. The average molecular weight is 543 g/mol. The van der Waals surface area contributed by atoms with E-state index in [9.17, 15) is 19.7 Å². The minimum absolute atomic E-state index is 0.0452. The van der Waals surface area contributed by atoms with Gasteiger partial charge >= 0.3 is 6.03 Å². The molecule has 0 saturated carbocycles. The number of hydrazone groups is 1.